The first kappa shape index (κ1) is 23.2. The van der Waals surface area contributed by atoms with Gasteiger partial charge in [-0.05, 0) is 12.1 Å². The smallest absolute Gasteiger partial charge is 0.270 e. The fraction of sp³-hybridized carbons (Fsp3) is 0.400. The number of aromatic nitrogens is 3. The van der Waals surface area contributed by atoms with Gasteiger partial charge in [-0.3, -0.25) is 14.2 Å². The van der Waals surface area contributed by atoms with Crippen molar-refractivity contribution in [1.82, 2.24) is 24.3 Å². The Morgan fingerprint density at radius 1 is 1.30 bits per heavy atom. The van der Waals surface area contributed by atoms with Crippen LogP contribution in [0.2, 0.25) is 0 Å². The summed E-state index contributed by atoms with van der Waals surface area (Å²) in [5, 5.41) is 19.0. The molecule has 37 heavy (non-hydrogen) atoms. The highest BCUT2D eigenvalue weighted by atomic mass is 19.1. The first-order valence-electron chi connectivity index (χ1n) is 12.2. The van der Waals surface area contributed by atoms with Gasteiger partial charge in [0.15, 0.2) is 5.69 Å². The number of ether oxygens (including phenoxy) is 2. The number of anilines is 1. The van der Waals surface area contributed by atoms with Crippen LogP contribution in [0.1, 0.15) is 34.8 Å². The van der Waals surface area contributed by atoms with Crippen molar-refractivity contribution in [3.63, 3.8) is 0 Å². The minimum absolute atomic E-state index is 0.0950. The lowest BCUT2D eigenvalue weighted by Gasteiger charge is -2.26. The molecule has 1 unspecified atom stereocenters. The first-order chi connectivity index (χ1) is 18.0. The zero-order valence-corrected chi connectivity index (χ0v) is 20.3. The normalized spacial score (nSPS) is 18.9. The van der Waals surface area contributed by atoms with E-state index in [9.17, 15) is 14.4 Å². The quantitative estimate of drug-likeness (QED) is 0.559. The van der Waals surface area contributed by atoms with Crippen molar-refractivity contribution in [3.8, 4) is 11.8 Å². The molecule has 1 saturated heterocycles. The van der Waals surface area contributed by atoms with Crippen molar-refractivity contribution in [3.05, 3.63) is 52.7 Å². The topological polar surface area (TPSA) is 120 Å². The van der Waals surface area contributed by atoms with E-state index in [0.29, 0.717) is 74.4 Å². The molecule has 6 rings (SSSR count). The second kappa shape index (κ2) is 9.33. The zero-order valence-electron chi connectivity index (χ0n) is 20.3. The highest BCUT2D eigenvalue weighted by molar-refractivity contribution is 6.39. The number of hydrazone groups is 1. The van der Waals surface area contributed by atoms with Gasteiger partial charge in [0.2, 0.25) is 5.95 Å². The average Bonchev–Trinajstić information content (AvgIpc) is 3.66. The standard InChI is InChI=1S/C25H25FN8O3/c1-32-21(10-20(31-32)24(35)33-5-8-36-9-6-33)18-13-29-25(34-14-15(11-27)30-23(18)34)28-12-17-16-4-7-37-22(16)3-2-19(17)26/h2-3,13-14,21H,4-10,12H2,1H3,(H,28,29). The van der Waals surface area contributed by atoms with Crippen LogP contribution in [-0.2, 0) is 22.5 Å². The molecular formula is C25H25FN8O3. The summed E-state index contributed by atoms with van der Waals surface area (Å²) in [5.41, 5.74) is 3.35. The average molecular weight is 505 g/mol. The Bertz CT molecular complexity index is 1460. The summed E-state index contributed by atoms with van der Waals surface area (Å²) in [5.74, 6) is 0.722. The predicted octanol–water partition coefficient (Wildman–Crippen LogP) is 1.88. The van der Waals surface area contributed by atoms with Crippen molar-refractivity contribution in [1.29, 1.82) is 5.26 Å². The van der Waals surface area contributed by atoms with E-state index in [1.54, 1.807) is 32.8 Å². The van der Waals surface area contributed by atoms with E-state index in [2.05, 4.69) is 26.5 Å². The monoisotopic (exact) mass is 504 g/mol. The number of fused-ring (bicyclic) bond motifs is 2. The molecule has 2 aromatic heterocycles. The van der Waals surface area contributed by atoms with Gasteiger partial charge in [0.1, 0.15) is 29.0 Å². The largest absolute Gasteiger partial charge is 0.493 e. The maximum absolute atomic E-state index is 14.6. The third-order valence-corrected chi connectivity index (χ3v) is 7.02. The molecule has 1 atom stereocenters. The summed E-state index contributed by atoms with van der Waals surface area (Å²) < 4.78 is 27.3. The lowest BCUT2D eigenvalue weighted by atomic mass is 10.0. The first-order valence-corrected chi connectivity index (χ1v) is 12.2. The van der Waals surface area contributed by atoms with E-state index in [1.807, 2.05) is 7.05 Å². The Hall–Kier alpha value is -4.24. The van der Waals surface area contributed by atoms with Crippen LogP contribution < -0.4 is 10.1 Å². The number of hydrogen-bond donors (Lipinski definition) is 1. The summed E-state index contributed by atoms with van der Waals surface area (Å²) >= 11 is 0. The number of morpholine rings is 1. The van der Waals surface area contributed by atoms with Crippen LogP contribution in [0.15, 0.2) is 29.6 Å². The van der Waals surface area contributed by atoms with Gasteiger partial charge in [-0.2, -0.15) is 10.4 Å². The second-order valence-corrected chi connectivity index (χ2v) is 9.17. The molecule has 1 aromatic carbocycles. The number of rotatable bonds is 5. The number of amides is 1. The molecule has 0 spiro atoms. The molecule has 12 heteroatoms. The molecule has 3 aliphatic rings. The van der Waals surface area contributed by atoms with E-state index in [0.717, 1.165) is 11.1 Å². The number of benzene rings is 1. The van der Waals surface area contributed by atoms with Gasteiger partial charge >= 0.3 is 0 Å². The SMILES string of the molecule is CN1N=C(C(=O)N2CCOCC2)CC1c1cnc(NCc2c(F)ccc3c2CCO3)n2cc(C#N)nc12. The summed E-state index contributed by atoms with van der Waals surface area (Å²) in [6.45, 7) is 2.85. The summed E-state index contributed by atoms with van der Waals surface area (Å²) in [4.78, 5) is 23.9. The lowest BCUT2D eigenvalue weighted by molar-refractivity contribution is -0.128. The number of carbonyl (C=O) groups is 1. The van der Waals surface area contributed by atoms with E-state index >= 15 is 0 Å². The fourth-order valence-corrected chi connectivity index (χ4v) is 5.10. The number of halogens is 1. The molecule has 0 aliphatic carbocycles. The maximum Gasteiger partial charge on any atom is 0.270 e. The van der Waals surface area contributed by atoms with E-state index in [1.165, 1.54) is 6.07 Å². The molecule has 11 nitrogen and oxygen atoms in total. The van der Waals surface area contributed by atoms with E-state index in [-0.39, 0.29) is 30.0 Å². The van der Waals surface area contributed by atoms with Crippen LogP contribution in [0.25, 0.3) is 5.65 Å². The van der Waals surface area contributed by atoms with Crippen molar-refractivity contribution in [2.45, 2.75) is 25.4 Å². The Balaban J connectivity index is 1.28. The molecule has 1 amide bonds. The molecule has 1 fully saturated rings. The van der Waals surface area contributed by atoms with Crippen molar-refractivity contribution >= 4 is 23.2 Å². The Morgan fingerprint density at radius 3 is 2.95 bits per heavy atom. The van der Waals surface area contributed by atoms with Crippen molar-refractivity contribution < 1.29 is 18.7 Å². The lowest BCUT2D eigenvalue weighted by Crippen LogP contribution is -2.43. The van der Waals surface area contributed by atoms with Crippen LogP contribution in [0.4, 0.5) is 10.3 Å². The van der Waals surface area contributed by atoms with Gasteiger partial charge in [0.05, 0.1) is 32.1 Å². The number of nitriles is 1. The minimum Gasteiger partial charge on any atom is -0.493 e. The molecular weight excluding hydrogens is 479 g/mol. The predicted molar refractivity (Wildman–Crippen MR) is 131 cm³/mol. The van der Waals surface area contributed by atoms with Gasteiger partial charge in [0, 0.05) is 62.4 Å². The van der Waals surface area contributed by atoms with Gasteiger partial charge in [-0.25, -0.2) is 14.4 Å². The number of carbonyl (C=O) groups excluding carboxylic acids is 1. The summed E-state index contributed by atoms with van der Waals surface area (Å²) in [7, 11) is 1.81. The van der Waals surface area contributed by atoms with Crippen molar-refractivity contribution in [2.24, 2.45) is 5.10 Å². The number of hydrogen-bond acceptors (Lipinski definition) is 9. The van der Waals surface area contributed by atoms with Crippen LogP contribution in [0, 0.1) is 17.1 Å². The Kier molecular flexibility index (Phi) is 5.84. The zero-order chi connectivity index (χ0) is 25.5. The number of nitrogens with zero attached hydrogens (tertiary/aromatic N) is 7. The summed E-state index contributed by atoms with van der Waals surface area (Å²) in [6, 6.07) is 4.87. The summed E-state index contributed by atoms with van der Waals surface area (Å²) in [6.07, 6.45) is 4.32. The molecule has 190 valence electrons. The Morgan fingerprint density at radius 2 is 2.14 bits per heavy atom. The number of nitrogens with one attached hydrogen (secondary N) is 1. The van der Waals surface area contributed by atoms with Crippen LogP contribution in [-0.4, -0.2) is 75.9 Å². The van der Waals surface area contributed by atoms with E-state index < -0.39 is 0 Å². The fourth-order valence-electron chi connectivity index (χ4n) is 5.10. The van der Waals surface area contributed by atoms with Crippen LogP contribution in [0.3, 0.4) is 0 Å². The molecule has 3 aromatic rings. The van der Waals surface area contributed by atoms with Crippen LogP contribution >= 0.6 is 0 Å². The van der Waals surface area contributed by atoms with Gasteiger partial charge in [0.25, 0.3) is 5.91 Å². The van der Waals surface area contributed by atoms with E-state index in [4.69, 9.17) is 9.47 Å². The maximum atomic E-state index is 14.6. The molecule has 3 aliphatic heterocycles. The highest BCUT2D eigenvalue weighted by Gasteiger charge is 2.34. The van der Waals surface area contributed by atoms with Crippen LogP contribution in [0.5, 0.6) is 5.75 Å². The minimum atomic E-state index is -0.310. The third kappa shape index (κ3) is 4.11. The molecule has 1 N–H and O–H groups in total. The number of imidazole rings is 1. The van der Waals surface area contributed by atoms with Crippen molar-refractivity contribution in [2.75, 3.05) is 45.3 Å². The molecule has 5 heterocycles. The van der Waals surface area contributed by atoms with Gasteiger partial charge in [-0.15, -0.1) is 0 Å². The third-order valence-electron chi connectivity index (χ3n) is 7.02. The van der Waals surface area contributed by atoms with Gasteiger partial charge in [-0.1, -0.05) is 0 Å². The molecule has 0 radical (unpaired) electrons. The van der Waals surface area contributed by atoms with Gasteiger partial charge < -0.3 is 19.7 Å². The molecule has 0 bridgehead atoms. The highest BCUT2D eigenvalue weighted by Crippen LogP contribution is 2.34. The second-order valence-electron chi connectivity index (χ2n) is 9.17. The Labute approximate surface area is 212 Å². The molecule has 0 saturated carbocycles.